The molecule has 0 bridgehead atoms. The maximum Gasteiger partial charge on any atom is 0.119 e. The van der Waals surface area contributed by atoms with Gasteiger partial charge in [-0.2, -0.15) is 5.26 Å². The van der Waals surface area contributed by atoms with Crippen LogP contribution in [-0.4, -0.2) is 30.9 Å². The second kappa shape index (κ2) is 7.44. The minimum atomic E-state index is -0.367. The molecular formula is C17H24N2O2. The highest BCUT2D eigenvalue weighted by atomic mass is 16.5. The normalized spacial score (nSPS) is 24.7. The number of aliphatic hydroxyl groups excluding tert-OH is 1. The summed E-state index contributed by atoms with van der Waals surface area (Å²) in [5.41, 5.74) is 0.744. The van der Waals surface area contributed by atoms with Crippen molar-refractivity contribution in [3.05, 3.63) is 29.8 Å². The molecule has 1 fully saturated rings. The van der Waals surface area contributed by atoms with E-state index in [0.29, 0.717) is 18.9 Å². The fourth-order valence-electron chi connectivity index (χ4n) is 3.20. The average Bonchev–Trinajstić information content (AvgIpc) is 2.93. The SMILES string of the molecule is CNC1(C#N)CCCC1CCOc1ccc(CCO)cc1. The molecule has 1 aliphatic rings. The molecule has 2 rings (SSSR count). The van der Waals surface area contributed by atoms with Crippen LogP contribution < -0.4 is 10.1 Å². The highest BCUT2D eigenvalue weighted by Crippen LogP contribution is 2.37. The zero-order chi connectivity index (χ0) is 15.1. The number of nitrogens with zero attached hydrogens (tertiary/aromatic N) is 1. The molecule has 0 saturated heterocycles. The molecule has 2 N–H and O–H groups in total. The zero-order valence-corrected chi connectivity index (χ0v) is 12.6. The van der Waals surface area contributed by atoms with Gasteiger partial charge in [0, 0.05) is 6.61 Å². The summed E-state index contributed by atoms with van der Waals surface area (Å²) >= 11 is 0. The van der Waals surface area contributed by atoms with Crippen molar-refractivity contribution in [2.45, 2.75) is 37.6 Å². The maximum atomic E-state index is 9.41. The van der Waals surface area contributed by atoms with E-state index in [9.17, 15) is 5.26 Å². The van der Waals surface area contributed by atoms with Crippen LogP contribution in [0.3, 0.4) is 0 Å². The quantitative estimate of drug-likeness (QED) is 0.808. The molecule has 2 atom stereocenters. The second-order valence-corrected chi connectivity index (χ2v) is 5.68. The number of ether oxygens (including phenoxy) is 1. The number of hydrogen-bond donors (Lipinski definition) is 2. The van der Waals surface area contributed by atoms with Crippen LogP contribution in [0.2, 0.25) is 0 Å². The van der Waals surface area contributed by atoms with Crippen LogP contribution in [0.25, 0.3) is 0 Å². The molecule has 2 unspecified atom stereocenters. The fraction of sp³-hybridized carbons (Fsp3) is 0.588. The van der Waals surface area contributed by atoms with E-state index in [1.807, 2.05) is 31.3 Å². The summed E-state index contributed by atoms with van der Waals surface area (Å²) < 4.78 is 5.78. The first-order chi connectivity index (χ1) is 10.2. The van der Waals surface area contributed by atoms with Gasteiger partial charge >= 0.3 is 0 Å². The van der Waals surface area contributed by atoms with Crippen LogP contribution >= 0.6 is 0 Å². The van der Waals surface area contributed by atoms with Crippen LogP contribution in [0.15, 0.2) is 24.3 Å². The Labute approximate surface area is 126 Å². The molecule has 0 aliphatic heterocycles. The minimum absolute atomic E-state index is 0.169. The van der Waals surface area contributed by atoms with E-state index in [4.69, 9.17) is 9.84 Å². The second-order valence-electron chi connectivity index (χ2n) is 5.68. The summed E-state index contributed by atoms with van der Waals surface area (Å²) in [5.74, 6) is 1.21. The Kier molecular flexibility index (Phi) is 5.60. The van der Waals surface area contributed by atoms with Crippen molar-refractivity contribution in [3.63, 3.8) is 0 Å². The lowest BCUT2D eigenvalue weighted by atomic mass is 9.86. The largest absolute Gasteiger partial charge is 0.494 e. The number of nitrogens with one attached hydrogen (secondary N) is 1. The Balaban J connectivity index is 1.82. The number of rotatable bonds is 7. The third-order valence-electron chi connectivity index (χ3n) is 4.53. The van der Waals surface area contributed by atoms with Crippen molar-refractivity contribution in [1.82, 2.24) is 5.32 Å². The summed E-state index contributed by atoms with van der Waals surface area (Å²) in [6.45, 7) is 0.803. The van der Waals surface area contributed by atoms with Crippen LogP contribution in [0.4, 0.5) is 0 Å². The standard InChI is InChI=1S/C17H24N2O2/c1-19-17(13-18)10-2-3-15(17)9-12-21-16-6-4-14(5-7-16)8-11-20/h4-7,15,19-20H,2-3,8-12H2,1H3. The van der Waals surface area contributed by atoms with Gasteiger partial charge in [-0.3, -0.25) is 0 Å². The predicted molar refractivity (Wildman–Crippen MR) is 82.1 cm³/mol. The van der Waals surface area contributed by atoms with E-state index < -0.39 is 0 Å². The highest BCUT2D eigenvalue weighted by molar-refractivity contribution is 5.27. The molecule has 0 amide bonds. The smallest absolute Gasteiger partial charge is 0.119 e. The number of benzene rings is 1. The number of aliphatic hydroxyl groups is 1. The van der Waals surface area contributed by atoms with E-state index in [1.54, 1.807) is 0 Å². The predicted octanol–water partition coefficient (Wildman–Crippen LogP) is 2.27. The van der Waals surface area contributed by atoms with Gasteiger partial charge in [-0.25, -0.2) is 0 Å². The zero-order valence-electron chi connectivity index (χ0n) is 12.6. The summed E-state index contributed by atoms with van der Waals surface area (Å²) in [6.07, 6.45) is 4.70. The molecule has 1 aromatic rings. The Morgan fingerprint density at radius 1 is 1.43 bits per heavy atom. The molecule has 4 heteroatoms. The maximum absolute atomic E-state index is 9.41. The Morgan fingerprint density at radius 3 is 2.81 bits per heavy atom. The molecule has 21 heavy (non-hydrogen) atoms. The average molecular weight is 288 g/mol. The third kappa shape index (κ3) is 3.75. The Hall–Kier alpha value is -1.57. The first kappa shape index (κ1) is 15.8. The summed E-state index contributed by atoms with van der Waals surface area (Å²) in [7, 11) is 1.88. The molecule has 4 nitrogen and oxygen atoms in total. The molecule has 1 aliphatic carbocycles. The van der Waals surface area contributed by atoms with Crippen molar-refractivity contribution in [2.75, 3.05) is 20.3 Å². The monoisotopic (exact) mass is 288 g/mol. The number of nitriles is 1. The van der Waals surface area contributed by atoms with Crippen LogP contribution in [0, 0.1) is 17.2 Å². The van der Waals surface area contributed by atoms with Gasteiger partial charge in [0.25, 0.3) is 0 Å². The van der Waals surface area contributed by atoms with Gasteiger partial charge in [-0.1, -0.05) is 18.6 Å². The molecule has 0 radical (unpaired) electrons. The van der Waals surface area contributed by atoms with Crippen molar-refractivity contribution < 1.29 is 9.84 Å². The summed E-state index contributed by atoms with van der Waals surface area (Å²) in [5, 5.41) is 21.5. The molecule has 1 saturated carbocycles. The van der Waals surface area contributed by atoms with Crippen LogP contribution in [0.1, 0.15) is 31.2 Å². The van der Waals surface area contributed by atoms with Gasteiger partial charge in [-0.05, 0) is 56.3 Å². The lowest BCUT2D eigenvalue weighted by Crippen LogP contribution is -2.45. The van der Waals surface area contributed by atoms with Crippen LogP contribution in [0.5, 0.6) is 5.75 Å². The van der Waals surface area contributed by atoms with Crippen molar-refractivity contribution >= 4 is 0 Å². The Morgan fingerprint density at radius 2 is 2.19 bits per heavy atom. The summed E-state index contributed by atoms with van der Waals surface area (Å²) in [4.78, 5) is 0. The third-order valence-corrected chi connectivity index (χ3v) is 4.53. The van der Waals surface area contributed by atoms with Gasteiger partial charge in [0.1, 0.15) is 11.3 Å². The molecule has 0 aromatic heterocycles. The van der Waals surface area contributed by atoms with E-state index >= 15 is 0 Å². The molecule has 1 aromatic carbocycles. The van der Waals surface area contributed by atoms with Gasteiger partial charge < -0.3 is 15.2 Å². The first-order valence-corrected chi connectivity index (χ1v) is 7.67. The summed E-state index contributed by atoms with van der Waals surface area (Å²) in [6, 6.07) is 10.3. The van der Waals surface area contributed by atoms with Gasteiger partial charge in [-0.15, -0.1) is 0 Å². The van der Waals surface area contributed by atoms with E-state index in [-0.39, 0.29) is 12.1 Å². The molecular weight excluding hydrogens is 264 g/mol. The molecule has 0 spiro atoms. The number of hydrogen-bond acceptors (Lipinski definition) is 4. The molecule has 0 heterocycles. The highest BCUT2D eigenvalue weighted by Gasteiger charge is 2.41. The minimum Gasteiger partial charge on any atom is -0.494 e. The van der Waals surface area contributed by atoms with Gasteiger partial charge in [0.2, 0.25) is 0 Å². The van der Waals surface area contributed by atoms with E-state index in [2.05, 4.69) is 11.4 Å². The van der Waals surface area contributed by atoms with E-state index in [1.165, 1.54) is 0 Å². The van der Waals surface area contributed by atoms with Crippen molar-refractivity contribution in [1.29, 1.82) is 5.26 Å². The van der Waals surface area contributed by atoms with Crippen molar-refractivity contribution in [3.8, 4) is 11.8 Å². The fourth-order valence-corrected chi connectivity index (χ4v) is 3.20. The topological polar surface area (TPSA) is 65.3 Å². The lowest BCUT2D eigenvalue weighted by molar-refractivity contribution is 0.239. The van der Waals surface area contributed by atoms with Gasteiger partial charge in [0.15, 0.2) is 0 Å². The lowest BCUT2D eigenvalue weighted by Gasteiger charge is -2.28. The van der Waals surface area contributed by atoms with Crippen molar-refractivity contribution in [2.24, 2.45) is 5.92 Å². The first-order valence-electron chi connectivity index (χ1n) is 7.67. The molecule has 114 valence electrons. The van der Waals surface area contributed by atoms with E-state index in [0.717, 1.165) is 37.0 Å². The van der Waals surface area contributed by atoms with Crippen LogP contribution in [-0.2, 0) is 6.42 Å². The Bertz CT molecular complexity index is 481. The van der Waals surface area contributed by atoms with Gasteiger partial charge in [0.05, 0.1) is 12.7 Å².